The van der Waals surface area contributed by atoms with Gasteiger partial charge in [0.05, 0.1) is 70.0 Å². The van der Waals surface area contributed by atoms with E-state index in [2.05, 4.69) is 32.2 Å². The van der Waals surface area contributed by atoms with E-state index in [1.54, 1.807) is 6.07 Å². The van der Waals surface area contributed by atoms with E-state index in [4.69, 9.17) is 18.9 Å². The van der Waals surface area contributed by atoms with Crippen LogP contribution in [0.15, 0.2) is 31.0 Å². The Morgan fingerprint density at radius 3 is 2.44 bits per heavy atom. The van der Waals surface area contributed by atoms with E-state index < -0.39 is 17.2 Å². The van der Waals surface area contributed by atoms with Crippen molar-refractivity contribution in [2.24, 2.45) is 0 Å². The van der Waals surface area contributed by atoms with Gasteiger partial charge < -0.3 is 34.5 Å². The lowest BCUT2D eigenvalue weighted by molar-refractivity contribution is -0.117. The van der Waals surface area contributed by atoms with E-state index in [1.165, 1.54) is 26.5 Å². The summed E-state index contributed by atoms with van der Waals surface area (Å²) < 4.78 is 51.9. The van der Waals surface area contributed by atoms with Crippen molar-refractivity contribution in [1.82, 2.24) is 20.3 Å². The molecule has 1 amide bonds. The first-order chi connectivity index (χ1) is 18.9. The molecule has 3 aromatic rings. The van der Waals surface area contributed by atoms with Crippen molar-refractivity contribution in [3.05, 3.63) is 42.6 Å². The Labute approximate surface area is 223 Å². The molecule has 0 aliphatic carbocycles. The van der Waals surface area contributed by atoms with Crippen molar-refractivity contribution in [2.75, 3.05) is 64.0 Å². The molecule has 2 saturated heterocycles. The minimum atomic E-state index is -0.942. The lowest BCUT2D eigenvalue weighted by atomic mass is 10.1. The van der Waals surface area contributed by atoms with Crippen LogP contribution in [0.4, 0.5) is 20.4 Å². The molecule has 2 aliphatic heterocycles. The standard InChI is InChI=1S/C26H28F2N6O5/c1-4-21(35)31-17-13-39-12-16(17)30-20-9-14-15(11-29-20)32-25(33-26(14)34-5-7-38-8-6-34)22-23(27)18(36-2)10-19(37-3)24(22)28/h4,9-11,16-17H,1,5-8,12-13H2,2-3H3,(H,29,30)(H,31,35)/t16-,17+/m1/s1. The first-order valence-electron chi connectivity index (χ1n) is 12.3. The molecule has 2 aromatic heterocycles. The van der Waals surface area contributed by atoms with Crippen LogP contribution in [0.1, 0.15) is 0 Å². The lowest BCUT2D eigenvalue weighted by Gasteiger charge is -2.29. The number of morpholine rings is 1. The van der Waals surface area contributed by atoms with Crippen LogP contribution in [0.2, 0.25) is 0 Å². The van der Waals surface area contributed by atoms with Gasteiger partial charge in [0.1, 0.15) is 11.6 Å². The molecule has 2 aliphatic rings. The van der Waals surface area contributed by atoms with Gasteiger partial charge in [0.15, 0.2) is 29.0 Å². The number of aromatic nitrogens is 3. The maximum Gasteiger partial charge on any atom is 0.243 e. The third-order valence-corrected chi connectivity index (χ3v) is 6.60. The van der Waals surface area contributed by atoms with Crippen LogP contribution in [0.5, 0.6) is 11.5 Å². The van der Waals surface area contributed by atoms with Crippen LogP contribution in [-0.4, -0.2) is 86.7 Å². The highest BCUT2D eigenvalue weighted by Crippen LogP contribution is 2.38. The van der Waals surface area contributed by atoms with E-state index in [9.17, 15) is 4.79 Å². The minimum Gasteiger partial charge on any atom is -0.494 e. The number of hydrogen-bond acceptors (Lipinski definition) is 10. The zero-order valence-corrected chi connectivity index (χ0v) is 21.5. The predicted molar refractivity (Wildman–Crippen MR) is 139 cm³/mol. The average molecular weight is 543 g/mol. The molecule has 0 unspecified atom stereocenters. The molecular formula is C26H28F2N6O5. The van der Waals surface area contributed by atoms with Crippen LogP contribution >= 0.6 is 0 Å². The lowest BCUT2D eigenvalue weighted by Crippen LogP contribution is -2.45. The first kappa shape index (κ1) is 26.5. The maximum atomic E-state index is 15.3. The smallest absolute Gasteiger partial charge is 0.243 e. The van der Waals surface area contributed by atoms with Crippen LogP contribution in [-0.2, 0) is 14.3 Å². The van der Waals surface area contributed by atoms with E-state index in [0.717, 1.165) is 6.07 Å². The maximum absolute atomic E-state index is 15.3. The highest BCUT2D eigenvalue weighted by molar-refractivity contribution is 5.92. The number of rotatable bonds is 8. The topological polar surface area (TPSA) is 120 Å². The summed E-state index contributed by atoms with van der Waals surface area (Å²) in [6.45, 7) is 6.18. The molecule has 2 fully saturated rings. The second-order valence-corrected chi connectivity index (χ2v) is 8.95. The number of carbonyl (C=O) groups excluding carboxylic acids is 1. The number of pyridine rings is 1. The monoisotopic (exact) mass is 542 g/mol. The van der Waals surface area contributed by atoms with Crippen molar-refractivity contribution in [1.29, 1.82) is 0 Å². The van der Waals surface area contributed by atoms with E-state index >= 15 is 8.78 Å². The van der Waals surface area contributed by atoms with Gasteiger partial charge in [-0.15, -0.1) is 0 Å². The Morgan fingerprint density at radius 2 is 1.77 bits per heavy atom. The summed E-state index contributed by atoms with van der Waals surface area (Å²) in [6.07, 6.45) is 2.71. The molecule has 11 nitrogen and oxygen atoms in total. The Hall–Kier alpha value is -4.10. The van der Waals surface area contributed by atoms with Gasteiger partial charge in [-0.3, -0.25) is 4.79 Å². The van der Waals surface area contributed by atoms with Crippen molar-refractivity contribution < 1.29 is 32.5 Å². The normalized spacial score (nSPS) is 19.1. The summed E-state index contributed by atoms with van der Waals surface area (Å²) in [4.78, 5) is 27.3. The molecule has 1 aromatic carbocycles. The largest absolute Gasteiger partial charge is 0.494 e. The van der Waals surface area contributed by atoms with Gasteiger partial charge in [0, 0.05) is 24.5 Å². The van der Waals surface area contributed by atoms with E-state index in [-0.39, 0.29) is 35.3 Å². The van der Waals surface area contributed by atoms with Crippen LogP contribution in [0.3, 0.4) is 0 Å². The number of hydrogen-bond donors (Lipinski definition) is 2. The molecule has 2 N–H and O–H groups in total. The zero-order valence-electron chi connectivity index (χ0n) is 21.5. The Morgan fingerprint density at radius 1 is 1.08 bits per heavy atom. The molecule has 0 bridgehead atoms. The SMILES string of the molecule is C=CC(=O)N[C@H]1COC[C@H]1Nc1cc2c(N3CCOCC3)nc(-c3c(F)c(OC)cc(OC)c3F)nc2cn1. The van der Waals surface area contributed by atoms with Crippen molar-refractivity contribution in [3.8, 4) is 22.9 Å². The molecule has 13 heteroatoms. The second kappa shape index (κ2) is 11.3. The van der Waals surface area contributed by atoms with E-state index in [0.29, 0.717) is 62.1 Å². The van der Waals surface area contributed by atoms with Crippen LogP contribution < -0.4 is 25.0 Å². The summed E-state index contributed by atoms with van der Waals surface area (Å²) >= 11 is 0. The quantitative estimate of drug-likeness (QED) is 0.411. The third-order valence-electron chi connectivity index (χ3n) is 6.60. The number of nitrogens with one attached hydrogen (secondary N) is 2. The highest BCUT2D eigenvalue weighted by Gasteiger charge is 2.30. The number of amides is 1. The number of carbonyl (C=O) groups is 1. The van der Waals surface area contributed by atoms with Gasteiger partial charge in [0.2, 0.25) is 5.91 Å². The summed E-state index contributed by atoms with van der Waals surface area (Å²) in [5.41, 5.74) is -0.0828. The molecule has 0 spiro atoms. The highest BCUT2D eigenvalue weighted by atomic mass is 19.1. The molecule has 39 heavy (non-hydrogen) atoms. The van der Waals surface area contributed by atoms with Crippen molar-refractivity contribution in [2.45, 2.75) is 12.1 Å². The van der Waals surface area contributed by atoms with Gasteiger partial charge in [-0.1, -0.05) is 6.58 Å². The van der Waals surface area contributed by atoms with Gasteiger partial charge >= 0.3 is 0 Å². The number of fused-ring (bicyclic) bond motifs is 1. The number of halogens is 2. The molecular weight excluding hydrogens is 514 g/mol. The number of methoxy groups -OCH3 is 2. The van der Waals surface area contributed by atoms with E-state index in [1.807, 2.05) is 4.90 Å². The van der Waals surface area contributed by atoms with Gasteiger partial charge in [-0.2, -0.15) is 0 Å². The molecule has 0 saturated carbocycles. The van der Waals surface area contributed by atoms with Crippen molar-refractivity contribution in [3.63, 3.8) is 0 Å². The average Bonchev–Trinajstić information content (AvgIpc) is 3.39. The zero-order chi connectivity index (χ0) is 27.5. The number of anilines is 2. The number of ether oxygens (including phenoxy) is 4. The summed E-state index contributed by atoms with van der Waals surface area (Å²) in [6, 6.07) is 2.39. The number of benzene rings is 1. The summed E-state index contributed by atoms with van der Waals surface area (Å²) in [5, 5.41) is 6.77. The number of nitrogens with zero attached hydrogens (tertiary/aromatic N) is 4. The third kappa shape index (κ3) is 5.27. The fourth-order valence-electron chi connectivity index (χ4n) is 4.58. The van der Waals surface area contributed by atoms with Gasteiger partial charge in [-0.25, -0.2) is 23.7 Å². The molecule has 4 heterocycles. The fraction of sp³-hybridized carbons (Fsp3) is 0.385. The Kier molecular flexibility index (Phi) is 7.70. The second-order valence-electron chi connectivity index (χ2n) is 8.95. The predicted octanol–water partition coefficient (Wildman–Crippen LogP) is 2.31. The summed E-state index contributed by atoms with van der Waals surface area (Å²) in [7, 11) is 2.56. The minimum absolute atomic E-state index is 0.171. The fourth-order valence-corrected chi connectivity index (χ4v) is 4.58. The molecule has 5 rings (SSSR count). The van der Waals surface area contributed by atoms with Crippen molar-refractivity contribution >= 4 is 28.4 Å². The Bertz CT molecular complexity index is 1370. The Balaban J connectivity index is 1.59. The first-order valence-corrected chi connectivity index (χ1v) is 12.3. The molecule has 206 valence electrons. The molecule has 0 radical (unpaired) electrons. The van der Waals surface area contributed by atoms with Crippen LogP contribution in [0, 0.1) is 11.6 Å². The van der Waals surface area contributed by atoms with Gasteiger partial charge in [0.25, 0.3) is 0 Å². The molecule has 2 atom stereocenters. The van der Waals surface area contributed by atoms with Crippen LogP contribution in [0.25, 0.3) is 22.3 Å². The van der Waals surface area contributed by atoms with Gasteiger partial charge in [-0.05, 0) is 12.1 Å². The summed E-state index contributed by atoms with van der Waals surface area (Å²) in [5.74, 6) is -1.77.